The highest BCUT2D eigenvalue weighted by atomic mass is 32.2. The number of nitrogens with two attached hydrogens (primary N) is 2. The molecule has 0 radical (unpaired) electrons. The second kappa shape index (κ2) is 49.1. The number of ketones is 3. The molecule has 8 aromatic rings. The largest absolute Gasteiger partial charge is 0.460 e. The molecule has 1 saturated carbocycles. The zero-order valence-corrected chi connectivity index (χ0v) is 80.9. The van der Waals surface area contributed by atoms with E-state index < -0.39 is 93.7 Å². The molecule has 1 aliphatic carbocycles. The van der Waals surface area contributed by atoms with Gasteiger partial charge in [0.05, 0.1) is 106 Å². The van der Waals surface area contributed by atoms with Crippen molar-refractivity contribution in [3.05, 3.63) is 127 Å². The molecule has 4 fully saturated rings. The molecule has 742 valence electrons. The van der Waals surface area contributed by atoms with Crippen LogP contribution in [0.5, 0.6) is 0 Å². The number of sulfonamides is 1. The number of aliphatic hydroxyl groups is 2. The number of Topliss-reactive ketones (excluding diaryl/α,β-unsaturated/α-hetero) is 3. The van der Waals surface area contributed by atoms with Gasteiger partial charge in [-0.1, -0.05) is 99.7 Å². The van der Waals surface area contributed by atoms with Crippen LogP contribution in [-0.4, -0.2) is 295 Å². The number of esters is 1. The summed E-state index contributed by atoms with van der Waals surface area (Å²) >= 11 is 0. The van der Waals surface area contributed by atoms with Crippen LogP contribution in [-0.2, 0) is 101 Å². The fraction of sp³-hybridized carbons (Fsp3) is 0.588. The van der Waals surface area contributed by atoms with Gasteiger partial charge in [0.25, 0.3) is 17.7 Å². The van der Waals surface area contributed by atoms with E-state index in [4.69, 9.17) is 73.6 Å². The molecule has 2 bridgehead atoms. The number of nitrogen functional groups attached to an aromatic ring is 2. The molecular formula is C97H133N19O20S. The Labute approximate surface area is 798 Å². The van der Waals surface area contributed by atoms with E-state index in [2.05, 4.69) is 40.9 Å². The van der Waals surface area contributed by atoms with Crippen LogP contribution in [0.2, 0.25) is 0 Å². The van der Waals surface area contributed by atoms with Crippen molar-refractivity contribution in [2.45, 2.75) is 212 Å². The fourth-order valence-corrected chi connectivity index (χ4v) is 20.2. The number of allylic oxidation sites excluding steroid dienone is 6. The van der Waals surface area contributed by atoms with Crippen LogP contribution < -0.4 is 21.7 Å². The number of methoxy groups -OCH3 is 3. The molecule has 15 atom stereocenters. The Bertz CT molecular complexity index is 5640. The number of amides is 2. The normalized spacial score (nSPS) is 26.4. The lowest BCUT2D eigenvalue weighted by Crippen LogP contribution is -2.61. The van der Waals surface area contributed by atoms with E-state index in [-0.39, 0.29) is 112 Å². The summed E-state index contributed by atoms with van der Waals surface area (Å²) in [5.74, 6) is -8.19. The van der Waals surface area contributed by atoms with Crippen molar-refractivity contribution in [1.29, 1.82) is 0 Å². The first-order chi connectivity index (χ1) is 66.0. The minimum Gasteiger partial charge on any atom is -0.460 e. The summed E-state index contributed by atoms with van der Waals surface area (Å²) < 4.78 is 92.8. The zero-order chi connectivity index (χ0) is 97.5. The second-order valence-corrected chi connectivity index (χ2v) is 38.7. The number of cyclic esters (lactones) is 1. The first kappa shape index (κ1) is 103. The number of unbranched alkanes of at least 4 members (excludes halogenated alkanes) is 1. The SMILES string of the molecule is CO[C@H]1C[C@@H]2CC[C@@H](C)[C@@](O)(O2)C(=O)C(=O)N2CCCC[C@H]2C(=O)OC([C@H](C)C[C@@H]2CC[C@H](n3nncc3-c3cccc(-c4cnc(N5CCN(S(=O)(=O)CCc6cn(CCOCCOCCOCCOCC(=O)NCCCCn7nc(-c8ccc9oc(N)nc9c8)c8c(N)ncnc87)nn6)CC5)nc4)c3)[C@H](OC)C2)CC(=O)[C@H](C)/C=C(\C)[C@@H](O)[C@@H](OC)C(=O)[C@H](C)C[C@H](C)/C=C/C=C/C=C/1C. The summed E-state index contributed by atoms with van der Waals surface area (Å²) in [5.41, 5.74) is 20.1. The predicted molar refractivity (Wildman–Crippen MR) is 509 cm³/mol. The van der Waals surface area contributed by atoms with Gasteiger partial charge in [0, 0.05) is 139 Å². The molecule has 10 heterocycles. The molecule has 40 heteroatoms. The van der Waals surface area contributed by atoms with Crippen molar-refractivity contribution >= 4 is 85.1 Å². The van der Waals surface area contributed by atoms with E-state index in [0.29, 0.717) is 194 Å². The van der Waals surface area contributed by atoms with Gasteiger partial charge in [-0.15, -0.1) is 10.2 Å². The third-order valence-electron chi connectivity index (χ3n) is 26.8. The Morgan fingerprint density at radius 2 is 1.50 bits per heavy atom. The number of nitrogens with one attached hydrogen (secondary N) is 1. The molecule has 7 N–H and O–H groups in total. The Morgan fingerprint density at radius 3 is 2.26 bits per heavy atom. The Morgan fingerprint density at radius 1 is 0.752 bits per heavy atom. The maximum atomic E-state index is 15.0. The predicted octanol–water partition coefficient (Wildman–Crippen LogP) is 8.84. The molecule has 5 aliphatic rings. The lowest BCUT2D eigenvalue weighted by atomic mass is 9.77. The number of piperidine rings is 1. The minimum absolute atomic E-state index is 0.0109. The number of anilines is 3. The first-order valence-electron chi connectivity index (χ1n) is 47.7. The van der Waals surface area contributed by atoms with Gasteiger partial charge in [0.15, 0.2) is 17.0 Å². The van der Waals surface area contributed by atoms with Crippen LogP contribution in [0.15, 0.2) is 126 Å². The van der Waals surface area contributed by atoms with Gasteiger partial charge in [-0.3, -0.25) is 24.0 Å². The van der Waals surface area contributed by atoms with Gasteiger partial charge in [-0.25, -0.2) is 47.2 Å². The summed E-state index contributed by atoms with van der Waals surface area (Å²) in [6.07, 6.45) is 21.0. The molecular weight excluding hydrogens is 1780 g/mol. The number of hydrogen-bond donors (Lipinski definition) is 5. The summed E-state index contributed by atoms with van der Waals surface area (Å²) in [6, 6.07) is 12.0. The maximum Gasteiger partial charge on any atom is 0.329 e. The van der Waals surface area contributed by atoms with Crippen LogP contribution in [0, 0.1) is 35.5 Å². The van der Waals surface area contributed by atoms with Crippen LogP contribution >= 0.6 is 0 Å². The van der Waals surface area contributed by atoms with Gasteiger partial charge in [-0.2, -0.15) is 14.4 Å². The number of aryl methyl sites for hydroxylation is 2. The van der Waals surface area contributed by atoms with E-state index in [0.717, 1.165) is 33.5 Å². The van der Waals surface area contributed by atoms with E-state index in [1.165, 1.54) is 22.6 Å². The first-order valence-corrected chi connectivity index (χ1v) is 49.3. The molecule has 2 amide bonds. The molecule has 6 aromatic heterocycles. The monoisotopic (exact) mass is 1920 g/mol. The van der Waals surface area contributed by atoms with Gasteiger partial charge in [0.1, 0.15) is 60.1 Å². The zero-order valence-electron chi connectivity index (χ0n) is 80.1. The van der Waals surface area contributed by atoms with Gasteiger partial charge >= 0.3 is 5.97 Å². The molecule has 3 saturated heterocycles. The third-order valence-corrected chi connectivity index (χ3v) is 28.7. The highest BCUT2D eigenvalue weighted by Gasteiger charge is 2.53. The topological polar surface area (TPSA) is 491 Å². The molecule has 39 nitrogen and oxygen atoms in total. The van der Waals surface area contributed by atoms with E-state index >= 15 is 0 Å². The second-order valence-electron chi connectivity index (χ2n) is 36.6. The molecule has 137 heavy (non-hydrogen) atoms. The van der Waals surface area contributed by atoms with Crippen molar-refractivity contribution < 1.29 is 94.4 Å². The smallest absolute Gasteiger partial charge is 0.329 e. The number of aliphatic hydroxyl groups excluding tert-OH is 1. The number of rotatable bonds is 34. The number of piperazine rings is 1. The number of fused-ring (bicyclic) bond motifs is 5. The standard InChI is InChI=1S/C97H133N19O20S/c1-61-19-12-11-13-20-62(2)81(127-8)53-74-27-24-67(7)97(124,136-74)90(121)93(122)114-32-16-14-23-77(114)94(123)134-82(54-79(117)63(3)48-66(6)88(120)89(129-10)87(119)65(5)47-61)64(4)49-68-25-28-76(83(50-68)128-9)116-78(57-105-109-116)70-22-18-21-69(51-70)72-55-101-96(102-56-72)111-34-36-113(37-35-111)137(125,126)46-30-73-58-112(110-107-73)38-39-130-40-41-131-42-43-132-44-45-133-59-84(118)100-31-15-17-33-115-92-85(91(98)103-60-104-92)86(108-115)71-26-29-80-75(52-71)106-95(99)135-80/h11-13,18-22,26,29,48,51-52,55-58,60-61,63-65,67-68,74,76-77,81-83,88-89,120,124H,14-17,23-25,27-28,30-47,49-50,53-54,59H2,1-10H3,(H2,99,106)(H,100,118)(H2,98,103,104)/b13-11+,19-12+,62-20+,66-48+/t61-,63-,64-,65-,67-,68+,74+,76+,77+,81+,82?,83-,88-,89+,97-/m1/s1. The highest BCUT2D eigenvalue weighted by Crippen LogP contribution is 2.43. The third kappa shape index (κ3) is 27.0. The Hall–Kier alpha value is -10.9. The average molecular weight is 1920 g/mol. The van der Waals surface area contributed by atoms with Crippen LogP contribution in [0.4, 0.5) is 17.8 Å². The lowest BCUT2D eigenvalue weighted by Gasteiger charge is -2.42. The quantitative estimate of drug-likeness (QED) is 0.0109. The summed E-state index contributed by atoms with van der Waals surface area (Å²) in [7, 11) is 0.967. The van der Waals surface area contributed by atoms with Crippen molar-refractivity contribution in [2.24, 2.45) is 35.5 Å². The minimum atomic E-state index is -3.65. The van der Waals surface area contributed by atoms with Gasteiger partial charge in [-0.05, 0) is 150 Å². The van der Waals surface area contributed by atoms with Crippen LogP contribution in [0.25, 0.3) is 55.8 Å². The number of oxazole rings is 1. The number of nitrogens with zero attached hydrogens (tertiary/aromatic N) is 16. The van der Waals surface area contributed by atoms with E-state index in [9.17, 15) is 47.4 Å². The van der Waals surface area contributed by atoms with Crippen LogP contribution in [0.1, 0.15) is 150 Å². The molecule has 0 spiro atoms. The number of aromatic nitrogens is 13. The summed E-state index contributed by atoms with van der Waals surface area (Å²) in [4.78, 5) is 111. The lowest BCUT2D eigenvalue weighted by molar-refractivity contribution is -0.265. The van der Waals surface area contributed by atoms with Gasteiger partial charge < -0.3 is 83.8 Å². The Kier molecular flexibility index (Phi) is 37.1. The summed E-state index contributed by atoms with van der Waals surface area (Å²) in [6.45, 7) is 17.5. The molecule has 4 aliphatic heterocycles. The maximum absolute atomic E-state index is 15.0. The van der Waals surface area contributed by atoms with Crippen molar-refractivity contribution in [3.8, 4) is 33.6 Å². The van der Waals surface area contributed by atoms with E-state index in [1.807, 2.05) is 104 Å². The number of benzene rings is 2. The molecule has 1 unspecified atom stereocenters. The van der Waals surface area contributed by atoms with Crippen LogP contribution in [0.3, 0.4) is 0 Å². The Balaban J connectivity index is 0.533. The molecule has 13 rings (SSSR count). The number of carbonyl (C=O) groups excluding carboxylic acids is 6. The number of carbonyl (C=O) groups is 6. The summed E-state index contributed by atoms with van der Waals surface area (Å²) in [5, 5.41) is 49.8. The molecule has 2 aromatic carbocycles. The fourth-order valence-electron chi connectivity index (χ4n) is 18.8. The van der Waals surface area contributed by atoms with Crippen molar-refractivity contribution in [3.63, 3.8) is 0 Å². The van der Waals surface area contributed by atoms with Gasteiger partial charge in [0.2, 0.25) is 27.7 Å². The highest BCUT2D eigenvalue weighted by molar-refractivity contribution is 7.89. The average Bonchev–Trinajstić information content (AvgIpc) is 1.48. The van der Waals surface area contributed by atoms with Crippen molar-refractivity contribution in [2.75, 3.05) is 136 Å². The number of hydrogen-bond acceptors (Lipinski definition) is 33. The number of ether oxygens (including phenoxy) is 9. The van der Waals surface area contributed by atoms with Crippen molar-refractivity contribution in [1.82, 2.24) is 79.2 Å². The van der Waals surface area contributed by atoms with E-state index in [1.54, 1.807) is 81.3 Å².